The topological polar surface area (TPSA) is 42.1 Å². The Morgan fingerprint density at radius 3 is 2.88 bits per heavy atom. The molecule has 88 valence electrons. The standard InChI is InChI=1S/C13H12ClNO2/c1-2-17-13(16)12-7-10(8-15-12)9-4-3-5-11(14)6-9/h3-8,15H,2H2,1H3. The number of carbonyl (C=O) groups excluding carboxylic acids is 1. The summed E-state index contributed by atoms with van der Waals surface area (Å²) in [7, 11) is 0. The van der Waals surface area contributed by atoms with Crippen LogP contribution in [0.3, 0.4) is 0 Å². The van der Waals surface area contributed by atoms with Gasteiger partial charge in [-0.1, -0.05) is 23.7 Å². The lowest BCUT2D eigenvalue weighted by molar-refractivity contribution is 0.0520. The summed E-state index contributed by atoms with van der Waals surface area (Å²) >= 11 is 5.91. The van der Waals surface area contributed by atoms with Gasteiger partial charge in [-0.15, -0.1) is 0 Å². The van der Waals surface area contributed by atoms with Gasteiger partial charge < -0.3 is 9.72 Å². The van der Waals surface area contributed by atoms with E-state index in [0.29, 0.717) is 17.3 Å². The van der Waals surface area contributed by atoms with Crippen molar-refractivity contribution in [3.05, 3.63) is 47.2 Å². The number of hydrogen-bond acceptors (Lipinski definition) is 2. The fraction of sp³-hybridized carbons (Fsp3) is 0.154. The van der Waals surface area contributed by atoms with E-state index in [-0.39, 0.29) is 5.97 Å². The van der Waals surface area contributed by atoms with E-state index in [9.17, 15) is 4.79 Å². The van der Waals surface area contributed by atoms with E-state index in [4.69, 9.17) is 16.3 Å². The van der Waals surface area contributed by atoms with Gasteiger partial charge in [0.15, 0.2) is 0 Å². The predicted octanol–water partition coefficient (Wildman–Crippen LogP) is 3.51. The molecule has 0 spiro atoms. The van der Waals surface area contributed by atoms with Crippen molar-refractivity contribution in [2.75, 3.05) is 6.61 Å². The molecule has 1 N–H and O–H groups in total. The lowest BCUT2D eigenvalue weighted by Gasteiger charge is -1.98. The van der Waals surface area contributed by atoms with Crippen molar-refractivity contribution in [2.45, 2.75) is 6.92 Å². The van der Waals surface area contributed by atoms with Crippen LogP contribution in [0, 0.1) is 0 Å². The van der Waals surface area contributed by atoms with Gasteiger partial charge in [0, 0.05) is 16.8 Å². The summed E-state index contributed by atoms with van der Waals surface area (Å²) in [5.74, 6) is -0.347. The largest absolute Gasteiger partial charge is 0.461 e. The van der Waals surface area contributed by atoms with Crippen LogP contribution in [-0.2, 0) is 4.74 Å². The second kappa shape index (κ2) is 5.06. The van der Waals surface area contributed by atoms with Gasteiger partial charge >= 0.3 is 5.97 Å². The van der Waals surface area contributed by atoms with Gasteiger partial charge in [0.25, 0.3) is 0 Å². The highest BCUT2D eigenvalue weighted by Crippen LogP contribution is 2.23. The minimum atomic E-state index is -0.347. The van der Waals surface area contributed by atoms with E-state index in [1.165, 1.54) is 0 Å². The van der Waals surface area contributed by atoms with Gasteiger partial charge in [0.05, 0.1) is 6.61 Å². The third-order valence-corrected chi connectivity index (χ3v) is 2.57. The highest BCUT2D eigenvalue weighted by atomic mass is 35.5. The molecule has 1 aromatic heterocycles. The second-order valence-corrected chi connectivity index (χ2v) is 3.97. The Morgan fingerprint density at radius 2 is 2.18 bits per heavy atom. The first-order valence-corrected chi connectivity index (χ1v) is 5.70. The molecule has 0 aliphatic carbocycles. The van der Waals surface area contributed by atoms with Crippen LogP contribution >= 0.6 is 11.6 Å². The number of aromatic amines is 1. The lowest BCUT2D eigenvalue weighted by Crippen LogP contribution is -2.04. The molecule has 0 amide bonds. The van der Waals surface area contributed by atoms with Crippen molar-refractivity contribution in [1.29, 1.82) is 0 Å². The third-order valence-electron chi connectivity index (χ3n) is 2.34. The molecule has 0 saturated heterocycles. The number of benzene rings is 1. The van der Waals surface area contributed by atoms with Crippen LogP contribution in [0.5, 0.6) is 0 Å². The highest BCUT2D eigenvalue weighted by Gasteiger charge is 2.10. The minimum Gasteiger partial charge on any atom is -0.461 e. The van der Waals surface area contributed by atoms with Crippen LogP contribution in [-0.4, -0.2) is 17.6 Å². The van der Waals surface area contributed by atoms with Gasteiger partial charge in [-0.2, -0.15) is 0 Å². The van der Waals surface area contributed by atoms with Crippen LogP contribution in [0.15, 0.2) is 36.5 Å². The monoisotopic (exact) mass is 249 g/mol. The van der Waals surface area contributed by atoms with Crippen LogP contribution < -0.4 is 0 Å². The van der Waals surface area contributed by atoms with E-state index in [2.05, 4.69) is 4.98 Å². The van der Waals surface area contributed by atoms with E-state index < -0.39 is 0 Å². The van der Waals surface area contributed by atoms with Crippen molar-refractivity contribution < 1.29 is 9.53 Å². The average Bonchev–Trinajstić information content (AvgIpc) is 2.78. The molecule has 1 heterocycles. The fourth-order valence-corrected chi connectivity index (χ4v) is 1.75. The Labute approximate surface area is 104 Å². The number of ether oxygens (including phenoxy) is 1. The van der Waals surface area contributed by atoms with Gasteiger partial charge in [-0.3, -0.25) is 0 Å². The molecule has 17 heavy (non-hydrogen) atoms. The first-order chi connectivity index (χ1) is 8.20. The molecule has 3 nitrogen and oxygen atoms in total. The van der Waals surface area contributed by atoms with E-state index in [1.807, 2.05) is 24.3 Å². The van der Waals surface area contributed by atoms with Gasteiger partial charge in [0.1, 0.15) is 5.69 Å². The molecule has 0 saturated carbocycles. The molecule has 0 unspecified atom stereocenters. The zero-order valence-corrected chi connectivity index (χ0v) is 10.1. The number of H-pyrrole nitrogens is 1. The number of rotatable bonds is 3. The molecule has 2 rings (SSSR count). The number of nitrogens with one attached hydrogen (secondary N) is 1. The summed E-state index contributed by atoms with van der Waals surface area (Å²) in [6.45, 7) is 2.14. The van der Waals surface area contributed by atoms with Crippen LogP contribution in [0.25, 0.3) is 11.1 Å². The SMILES string of the molecule is CCOC(=O)c1cc(-c2cccc(Cl)c2)c[nH]1. The summed E-state index contributed by atoms with van der Waals surface area (Å²) < 4.78 is 4.90. The highest BCUT2D eigenvalue weighted by molar-refractivity contribution is 6.30. The van der Waals surface area contributed by atoms with Crippen molar-refractivity contribution in [3.63, 3.8) is 0 Å². The predicted molar refractivity (Wildman–Crippen MR) is 67.2 cm³/mol. The third kappa shape index (κ3) is 2.68. The number of esters is 1. The Bertz CT molecular complexity index is 534. The maximum atomic E-state index is 11.5. The molecule has 0 fully saturated rings. The number of halogens is 1. The van der Waals surface area contributed by atoms with Crippen molar-refractivity contribution >= 4 is 17.6 Å². The van der Waals surface area contributed by atoms with E-state index >= 15 is 0 Å². The molecule has 0 atom stereocenters. The summed E-state index contributed by atoms with van der Waals surface area (Å²) in [6.07, 6.45) is 1.76. The number of hydrogen-bond donors (Lipinski definition) is 1. The smallest absolute Gasteiger partial charge is 0.354 e. The summed E-state index contributed by atoms with van der Waals surface area (Å²) in [4.78, 5) is 14.4. The maximum absolute atomic E-state index is 11.5. The maximum Gasteiger partial charge on any atom is 0.354 e. The minimum absolute atomic E-state index is 0.347. The fourth-order valence-electron chi connectivity index (χ4n) is 1.56. The molecular weight excluding hydrogens is 238 g/mol. The number of aromatic nitrogens is 1. The molecule has 0 bridgehead atoms. The lowest BCUT2D eigenvalue weighted by atomic mass is 10.1. The molecule has 0 radical (unpaired) electrons. The normalized spacial score (nSPS) is 10.2. The molecular formula is C13H12ClNO2. The summed E-state index contributed by atoms with van der Waals surface area (Å²) in [5, 5.41) is 0.668. The summed E-state index contributed by atoms with van der Waals surface area (Å²) in [5.41, 5.74) is 2.32. The summed E-state index contributed by atoms with van der Waals surface area (Å²) in [6, 6.07) is 9.21. The zero-order chi connectivity index (χ0) is 12.3. The van der Waals surface area contributed by atoms with Crippen molar-refractivity contribution in [1.82, 2.24) is 4.98 Å². The average molecular weight is 250 g/mol. The van der Waals surface area contributed by atoms with E-state index in [1.54, 1.807) is 19.2 Å². The quantitative estimate of drug-likeness (QED) is 0.846. The van der Waals surface area contributed by atoms with Crippen LogP contribution in [0.4, 0.5) is 0 Å². The Kier molecular flexibility index (Phi) is 3.49. The van der Waals surface area contributed by atoms with Gasteiger partial charge in [-0.05, 0) is 30.7 Å². The van der Waals surface area contributed by atoms with E-state index in [0.717, 1.165) is 11.1 Å². The molecule has 4 heteroatoms. The first-order valence-electron chi connectivity index (χ1n) is 5.32. The van der Waals surface area contributed by atoms with Crippen molar-refractivity contribution in [2.24, 2.45) is 0 Å². The van der Waals surface area contributed by atoms with Gasteiger partial charge in [0.2, 0.25) is 0 Å². The first kappa shape index (κ1) is 11.7. The van der Waals surface area contributed by atoms with Gasteiger partial charge in [-0.25, -0.2) is 4.79 Å². The molecule has 1 aromatic carbocycles. The molecule has 0 aliphatic heterocycles. The van der Waals surface area contributed by atoms with Crippen LogP contribution in [0.1, 0.15) is 17.4 Å². The van der Waals surface area contributed by atoms with Crippen molar-refractivity contribution in [3.8, 4) is 11.1 Å². The Morgan fingerprint density at radius 1 is 1.35 bits per heavy atom. The second-order valence-electron chi connectivity index (χ2n) is 3.53. The number of carbonyl (C=O) groups is 1. The van der Waals surface area contributed by atoms with Crippen LogP contribution in [0.2, 0.25) is 5.02 Å². The Hall–Kier alpha value is -1.74. The Balaban J connectivity index is 2.27. The molecule has 2 aromatic rings. The zero-order valence-electron chi connectivity index (χ0n) is 9.37. The molecule has 0 aliphatic rings.